The molecule has 2 N–H and O–H groups in total. The average molecular weight is 252 g/mol. The van der Waals surface area contributed by atoms with Crippen LogP contribution in [0.5, 0.6) is 0 Å². The fourth-order valence-electron chi connectivity index (χ4n) is 3.98. The van der Waals surface area contributed by atoms with Crippen LogP contribution in [0.4, 0.5) is 0 Å². The molecule has 1 amide bonds. The number of carbonyl (C=O) groups excluding carboxylic acids is 1. The lowest BCUT2D eigenvalue weighted by atomic mass is 9.65. The summed E-state index contributed by atoms with van der Waals surface area (Å²) in [5.74, 6) is -0.706. The zero-order chi connectivity index (χ0) is 12.8. The fraction of sp³-hybridized carbons (Fsp3) is 0.846. The second-order valence-electron chi connectivity index (χ2n) is 5.86. The first kappa shape index (κ1) is 12.0. The molecule has 18 heavy (non-hydrogen) atoms. The molecule has 0 spiro atoms. The molecule has 5 heteroatoms. The molecule has 5 nitrogen and oxygen atoms in total. The van der Waals surface area contributed by atoms with Crippen molar-refractivity contribution in [3.63, 3.8) is 0 Å². The number of fused-ring (bicyclic) bond motifs is 3. The third kappa shape index (κ3) is 1.64. The molecule has 3 aliphatic heterocycles. The minimum atomic E-state index is -0.724. The lowest BCUT2D eigenvalue weighted by Crippen LogP contribution is -2.69. The van der Waals surface area contributed by atoms with Gasteiger partial charge in [-0.3, -0.25) is 14.5 Å². The van der Waals surface area contributed by atoms with Gasteiger partial charge < -0.3 is 10.4 Å². The molecule has 0 aromatic rings. The molecule has 100 valence electrons. The van der Waals surface area contributed by atoms with Gasteiger partial charge in [0, 0.05) is 12.5 Å². The van der Waals surface area contributed by atoms with Crippen LogP contribution in [-0.2, 0) is 9.59 Å². The summed E-state index contributed by atoms with van der Waals surface area (Å²) >= 11 is 0. The van der Waals surface area contributed by atoms with E-state index in [1.54, 1.807) is 0 Å². The van der Waals surface area contributed by atoms with Gasteiger partial charge in [-0.15, -0.1) is 0 Å². The summed E-state index contributed by atoms with van der Waals surface area (Å²) in [7, 11) is 0. The summed E-state index contributed by atoms with van der Waals surface area (Å²) in [4.78, 5) is 25.7. The third-order valence-corrected chi connectivity index (χ3v) is 5.03. The molecule has 0 saturated carbocycles. The van der Waals surface area contributed by atoms with Crippen LogP contribution in [-0.4, -0.2) is 47.1 Å². The minimum absolute atomic E-state index is 0.0179. The molecular formula is C13H20N2O3. The highest BCUT2D eigenvalue weighted by Gasteiger charge is 2.56. The predicted octanol–water partition coefficient (Wildman–Crippen LogP) is 0.594. The van der Waals surface area contributed by atoms with Gasteiger partial charge in [0.25, 0.3) is 0 Å². The Labute approximate surface area is 107 Å². The van der Waals surface area contributed by atoms with Crippen LogP contribution in [0.1, 0.15) is 38.5 Å². The van der Waals surface area contributed by atoms with Crippen LogP contribution in [0.25, 0.3) is 0 Å². The molecule has 3 unspecified atom stereocenters. The van der Waals surface area contributed by atoms with Gasteiger partial charge >= 0.3 is 5.97 Å². The van der Waals surface area contributed by atoms with E-state index < -0.39 is 11.4 Å². The monoisotopic (exact) mass is 252 g/mol. The molecule has 0 aliphatic carbocycles. The number of carbonyl (C=O) groups is 2. The van der Waals surface area contributed by atoms with E-state index in [4.69, 9.17) is 0 Å². The lowest BCUT2D eigenvalue weighted by molar-refractivity contribution is -0.162. The molecule has 0 aromatic carbocycles. The highest BCUT2D eigenvalue weighted by atomic mass is 16.4. The van der Waals surface area contributed by atoms with Crippen molar-refractivity contribution < 1.29 is 14.7 Å². The SMILES string of the molecule is O=C1CCC2(C(=O)O)CCN3CCCCC3C2N1. The molecule has 3 aliphatic rings. The number of hydrogen-bond donors (Lipinski definition) is 2. The summed E-state index contributed by atoms with van der Waals surface area (Å²) in [5, 5.41) is 12.6. The average Bonchev–Trinajstić information content (AvgIpc) is 2.38. The lowest BCUT2D eigenvalue weighted by Gasteiger charge is -2.54. The minimum Gasteiger partial charge on any atom is -0.481 e. The second-order valence-corrected chi connectivity index (χ2v) is 5.86. The van der Waals surface area contributed by atoms with Gasteiger partial charge in [0.05, 0.1) is 11.5 Å². The molecule has 0 aromatic heterocycles. The Balaban J connectivity index is 1.92. The second kappa shape index (κ2) is 4.23. The summed E-state index contributed by atoms with van der Waals surface area (Å²) < 4.78 is 0. The van der Waals surface area contributed by atoms with Gasteiger partial charge in [-0.05, 0) is 38.8 Å². The van der Waals surface area contributed by atoms with Crippen LogP contribution in [0.2, 0.25) is 0 Å². The Morgan fingerprint density at radius 3 is 2.94 bits per heavy atom. The predicted molar refractivity (Wildman–Crippen MR) is 65.1 cm³/mol. The zero-order valence-corrected chi connectivity index (χ0v) is 10.5. The summed E-state index contributed by atoms with van der Waals surface area (Å²) in [6.07, 6.45) is 4.88. The third-order valence-electron chi connectivity index (χ3n) is 5.03. The van der Waals surface area contributed by atoms with Gasteiger partial charge in [0.1, 0.15) is 0 Å². The van der Waals surface area contributed by atoms with Crippen LogP contribution >= 0.6 is 0 Å². The number of piperidine rings is 3. The summed E-state index contributed by atoms with van der Waals surface area (Å²) in [6, 6.07) is 0.0400. The first-order chi connectivity index (χ1) is 8.63. The Morgan fingerprint density at radius 2 is 2.17 bits per heavy atom. The number of amides is 1. The van der Waals surface area contributed by atoms with Gasteiger partial charge in [-0.25, -0.2) is 0 Å². The van der Waals surface area contributed by atoms with E-state index in [1.165, 1.54) is 6.42 Å². The Bertz CT molecular complexity index is 384. The number of aliphatic carboxylic acids is 1. The van der Waals surface area contributed by atoms with Gasteiger partial charge in [0.15, 0.2) is 0 Å². The largest absolute Gasteiger partial charge is 0.481 e. The molecule has 3 fully saturated rings. The number of carboxylic acid groups (broad SMARTS) is 1. The zero-order valence-electron chi connectivity index (χ0n) is 10.5. The van der Waals surface area contributed by atoms with Crippen molar-refractivity contribution in [1.29, 1.82) is 0 Å². The molecule has 0 bridgehead atoms. The van der Waals surface area contributed by atoms with Crippen LogP contribution in [0.3, 0.4) is 0 Å². The standard InChI is InChI=1S/C13H20N2O3/c16-10-4-5-13(12(17)18)6-8-15-7-2-1-3-9(15)11(13)14-10/h9,11H,1-8H2,(H,14,16)(H,17,18). The van der Waals surface area contributed by atoms with Gasteiger partial charge in [-0.2, -0.15) is 0 Å². The number of nitrogens with one attached hydrogen (secondary N) is 1. The molecule has 3 heterocycles. The van der Waals surface area contributed by atoms with E-state index in [0.29, 0.717) is 19.3 Å². The van der Waals surface area contributed by atoms with Crippen molar-refractivity contribution in [2.75, 3.05) is 13.1 Å². The maximum absolute atomic E-state index is 11.7. The van der Waals surface area contributed by atoms with Gasteiger partial charge in [0.2, 0.25) is 5.91 Å². The first-order valence-corrected chi connectivity index (χ1v) is 6.90. The van der Waals surface area contributed by atoms with Crippen molar-refractivity contribution in [3.8, 4) is 0 Å². The van der Waals surface area contributed by atoms with E-state index in [-0.39, 0.29) is 18.0 Å². The van der Waals surface area contributed by atoms with E-state index >= 15 is 0 Å². The topological polar surface area (TPSA) is 69.6 Å². The van der Waals surface area contributed by atoms with E-state index in [1.807, 2.05) is 0 Å². The molecule has 3 saturated heterocycles. The Kier molecular flexibility index (Phi) is 2.81. The summed E-state index contributed by atoms with van der Waals surface area (Å²) in [6.45, 7) is 1.91. The normalized spacial score (nSPS) is 40.6. The molecule has 3 atom stereocenters. The number of hydrogen-bond acceptors (Lipinski definition) is 3. The van der Waals surface area contributed by atoms with Crippen LogP contribution in [0.15, 0.2) is 0 Å². The highest BCUT2D eigenvalue weighted by molar-refractivity contribution is 5.84. The maximum Gasteiger partial charge on any atom is 0.311 e. The first-order valence-electron chi connectivity index (χ1n) is 6.90. The van der Waals surface area contributed by atoms with Crippen LogP contribution in [0, 0.1) is 5.41 Å². The van der Waals surface area contributed by atoms with E-state index in [0.717, 1.165) is 25.9 Å². The number of nitrogens with zero attached hydrogens (tertiary/aromatic N) is 1. The van der Waals surface area contributed by atoms with E-state index in [9.17, 15) is 14.7 Å². The van der Waals surface area contributed by atoms with Crippen molar-refractivity contribution in [1.82, 2.24) is 10.2 Å². The van der Waals surface area contributed by atoms with Crippen molar-refractivity contribution in [2.24, 2.45) is 5.41 Å². The Hall–Kier alpha value is -1.10. The molecule has 0 radical (unpaired) electrons. The Morgan fingerprint density at radius 1 is 1.33 bits per heavy atom. The smallest absolute Gasteiger partial charge is 0.311 e. The summed E-state index contributed by atoms with van der Waals surface area (Å²) in [5.41, 5.74) is -0.716. The number of carboxylic acids is 1. The highest BCUT2D eigenvalue weighted by Crippen LogP contribution is 2.44. The van der Waals surface area contributed by atoms with Crippen molar-refractivity contribution in [2.45, 2.75) is 50.6 Å². The van der Waals surface area contributed by atoms with Crippen molar-refractivity contribution in [3.05, 3.63) is 0 Å². The van der Waals surface area contributed by atoms with Crippen LogP contribution < -0.4 is 5.32 Å². The van der Waals surface area contributed by atoms with Crippen molar-refractivity contribution >= 4 is 11.9 Å². The quantitative estimate of drug-likeness (QED) is 0.717. The fourth-order valence-corrected chi connectivity index (χ4v) is 3.98. The maximum atomic E-state index is 11.7. The molecule has 3 rings (SSSR count). The number of rotatable bonds is 1. The van der Waals surface area contributed by atoms with E-state index in [2.05, 4.69) is 10.2 Å². The van der Waals surface area contributed by atoms with Gasteiger partial charge in [-0.1, -0.05) is 6.42 Å². The molecular weight excluding hydrogens is 232 g/mol.